The van der Waals surface area contributed by atoms with Crippen molar-refractivity contribution in [3.8, 4) is 0 Å². The Morgan fingerprint density at radius 1 is 1.08 bits per heavy atom. The van der Waals surface area contributed by atoms with Crippen molar-refractivity contribution in [2.24, 2.45) is 22.7 Å². The van der Waals surface area contributed by atoms with E-state index in [0.717, 1.165) is 5.57 Å². The summed E-state index contributed by atoms with van der Waals surface area (Å²) in [6.07, 6.45) is 2.97. The van der Waals surface area contributed by atoms with Crippen molar-refractivity contribution in [1.82, 2.24) is 0 Å². The molecule has 1 aliphatic heterocycles. The number of carbonyl (C=O) groups excluding carboxylic acids is 3. The van der Waals surface area contributed by atoms with E-state index >= 15 is 0 Å². The Hall–Kier alpha value is -3.23. The molecule has 1 saturated carbocycles. The van der Waals surface area contributed by atoms with E-state index in [9.17, 15) is 19.5 Å². The van der Waals surface area contributed by atoms with E-state index in [1.807, 2.05) is 13.0 Å². The fourth-order valence-electron chi connectivity index (χ4n) is 6.65. The van der Waals surface area contributed by atoms with Gasteiger partial charge in [0.1, 0.15) is 6.10 Å². The number of hydrogen-bond acceptors (Lipinski definition) is 8. The Kier molecular flexibility index (Phi) is 8.19. The molecule has 1 saturated heterocycles. The SMILES string of the molecule is C=C/C(C)=C/C[C@]1(C)[C@H]2C[C@H](OC(=O)c3ccccc3)C=C3[C@H](OC(C)=O)O[C@@H](OC(C)=O)[C@]32[C@H](O)C[C@@H]1C. The van der Waals surface area contributed by atoms with Gasteiger partial charge in [-0.3, -0.25) is 14.3 Å². The zero-order chi connectivity index (χ0) is 28.5. The van der Waals surface area contributed by atoms with Crippen LogP contribution in [0.1, 0.15) is 64.2 Å². The Morgan fingerprint density at radius 3 is 2.36 bits per heavy atom. The van der Waals surface area contributed by atoms with Crippen molar-refractivity contribution in [2.75, 3.05) is 0 Å². The van der Waals surface area contributed by atoms with E-state index in [1.54, 1.807) is 36.4 Å². The first-order valence-corrected chi connectivity index (χ1v) is 13.4. The number of ether oxygens (including phenoxy) is 4. The van der Waals surface area contributed by atoms with Crippen LogP contribution >= 0.6 is 0 Å². The van der Waals surface area contributed by atoms with Crippen molar-refractivity contribution in [2.45, 2.75) is 78.7 Å². The van der Waals surface area contributed by atoms with Gasteiger partial charge in [0.2, 0.25) is 12.6 Å². The second-order valence-corrected chi connectivity index (χ2v) is 11.2. The lowest BCUT2D eigenvalue weighted by Crippen LogP contribution is -2.63. The Balaban J connectivity index is 1.87. The van der Waals surface area contributed by atoms with Crippen molar-refractivity contribution in [3.05, 3.63) is 71.8 Å². The lowest BCUT2D eigenvalue weighted by Gasteiger charge is -2.60. The molecule has 0 aromatic heterocycles. The molecule has 2 fully saturated rings. The molecule has 1 heterocycles. The topological polar surface area (TPSA) is 108 Å². The van der Waals surface area contributed by atoms with Crippen LogP contribution in [-0.4, -0.2) is 47.8 Å². The molecule has 8 atom stereocenters. The van der Waals surface area contributed by atoms with Gasteiger partial charge in [-0.2, -0.15) is 0 Å². The second-order valence-electron chi connectivity index (χ2n) is 11.2. The molecule has 3 aliphatic rings. The Bertz CT molecular complexity index is 1190. The molecule has 8 nitrogen and oxygen atoms in total. The third-order valence-electron chi connectivity index (χ3n) is 8.85. The Labute approximate surface area is 229 Å². The fraction of sp³-hybridized carbons (Fsp3) is 0.516. The molecule has 1 spiro atoms. The number of allylic oxidation sites excluding steroid dienone is 3. The summed E-state index contributed by atoms with van der Waals surface area (Å²) in [5.74, 6) is -1.98. The molecule has 0 unspecified atom stereocenters. The number of aliphatic hydroxyl groups is 1. The summed E-state index contributed by atoms with van der Waals surface area (Å²) in [6, 6.07) is 8.70. The lowest BCUT2D eigenvalue weighted by atomic mass is 9.45. The standard InChI is InChI=1S/C31H38O8/c1-7-18(2)13-14-30(6)19(3)15-26(34)31-24(28(36-20(4)32)39-29(31)37-21(5)33)16-23(17-25(30)31)38-27(35)22-11-9-8-10-12-22/h7-13,16,19,23,25-26,28-29,34H,1,14-15,17H2,2-6H3/b18-13+/t19-,23+,25+,26+,28+,29+,30-,31+/m0/s1. The minimum Gasteiger partial charge on any atom is -0.455 e. The molecule has 2 aliphatic carbocycles. The number of esters is 3. The largest absolute Gasteiger partial charge is 0.455 e. The average molecular weight is 539 g/mol. The summed E-state index contributed by atoms with van der Waals surface area (Å²) in [5, 5.41) is 11.8. The first kappa shape index (κ1) is 28.8. The summed E-state index contributed by atoms with van der Waals surface area (Å²) in [6.45, 7) is 12.6. The Morgan fingerprint density at radius 2 is 1.74 bits per heavy atom. The molecule has 1 aromatic carbocycles. The maximum Gasteiger partial charge on any atom is 0.338 e. The number of rotatable bonds is 7. The van der Waals surface area contributed by atoms with Crippen LogP contribution < -0.4 is 0 Å². The summed E-state index contributed by atoms with van der Waals surface area (Å²) in [5.41, 5.74) is 0.251. The van der Waals surface area contributed by atoms with Crippen molar-refractivity contribution in [1.29, 1.82) is 0 Å². The molecule has 0 bridgehead atoms. The van der Waals surface area contributed by atoms with Gasteiger partial charge in [-0.25, -0.2) is 4.79 Å². The molecule has 39 heavy (non-hydrogen) atoms. The van der Waals surface area contributed by atoms with E-state index in [1.165, 1.54) is 13.8 Å². The van der Waals surface area contributed by atoms with Crippen molar-refractivity contribution >= 4 is 17.9 Å². The first-order chi connectivity index (χ1) is 18.4. The van der Waals surface area contributed by atoms with Gasteiger partial charge in [0, 0.05) is 19.4 Å². The minimum atomic E-state index is -1.20. The second kappa shape index (κ2) is 11.1. The van der Waals surface area contributed by atoms with Crippen LogP contribution in [0, 0.1) is 22.7 Å². The summed E-state index contributed by atoms with van der Waals surface area (Å²) >= 11 is 0. The average Bonchev–Trinajstić information content (AvgIpc) is 3.18. The molecule has 1 N–H and O–H groups in total. The summed E-state index contributed by atoms with van der Waals surface area (Å²) in [4.78, 5) is 37.4. The van der Waals surface area contributed by atoms with Crippen LogP contribution in [-0.2, 0) is 28.5 Å². The zero-order valence-electron chi connectivity index (χ0n) is 23.2. The maximum atomic E-state index is 13.1. The third-order valence-corrected chi connectivity index (χ3v) is 8.85. The fourth-order valence-corrected chi connectivity index (χ4v) is 6.65. The van der Waals surface area contributed by atoms with Crippen LogP contribution in [0.4, 0.5) is 0 Å². The molecular formula is C31H38O8. The number of aliphatic hydroxyl groups excluding tert-OH is 1. The van der Waals surface area contributed by atoms with Gasteiger partial charge in [0.15, 0.2) is 0 Å². The normalized spacial score (nSPS) is 35.6. The molecule has 1 aromatic rings. The number of hydrogen-bond donors (Lipinski definition) is 1. The molecule has 4 rings (SSSR count). The highest BCUT2D eigenvalue weighted by atomic mass is 16.8. The third kappa shape index (κ3) is 5.20. The van der Waals surface area contributed by atoms with Crippen LogP contribution in [0.2, 0.25) is 0 Å². The predicted octanol–water partition coefficient (Wildman–Crippen LogP) is 4.88. The number of benzene rings is 1. The van der Waals surface area contributed by atoms with Gasteiger partial charge < -0.3 is 19.3 Å². The predicted molar refractivity (Wildman–Crippen MR) is 143 cm³/mol. The van der Waals surface area contributed by atoms with E-state index < -0.39 is 53.5 Å². The van der Waals surface area contributed by atoms with Gasteiger partial charge in [0.05, 0.1) is 17.1 Å². The highest BCUT2D eigenvalue weighted by molar-refractivity contribution is 5.89. The molecular weight excluding hydrogens is 500 g/mol. The highest BCUT2D eigenvalue weighted by Gasteiger charge is 2.71. The molecule has 210 valence electrons. The van der Waals surface area contributed by atoms with Gasteiger partial charge in [-0.1, -0.05) is 56.4 Å². The van der Waals surface area contributed by atoms with E-state index in [4.69, 9.17) is 18.9 Å². The van der Waals surface area contributed by atoms with Gasteiger partial charge in [0.25, 0.3) is 0 Å². The summed E-state index contributed by atoms with van der Waals surface area (Å²) in [7, 11) is 0. The van der Waals surface area contributed by atoms with E-state index in [-0.39, 0.29) is 11.8 Å². The van der Waals surface area contributed by atoms with Crippen LogP contribution in [0.25, 0.3) is 0 Å². The molecule has 0 amide bonds. The van der Waals surface area contributed by atoms with Gasteiger partial charge >= 0.3 is 17.9 Å². The smallest absolute Gasteiger partial charge is 0.338 e. The van der Waals surface area contributed by atoms with Crippen LogP contribution in [0.15, 0.2) is 66.3 Å². The van der Waals surface area contributed by atoms with Gasteiger partial charge in [-0.15, -0.1) is 0 Å². The van der Waals surface area contributed by atoms with Gasteiger partial charge in [-0.05, 0) is 61.6 Å². The zero-order valence-corrected chi connectivity index (χ0v) is 23.2. The summed E-state index contributed by atoms with van der Waals surface area (Å²) < 4.78 is 23.3. The van der Waals surface area contributed by atoms with E-state index in [0.29, 0.717) is 30.4 Å². The molecule has 8 heteroatoms. The lowest BCUT2D eigenvalue weighted by molar-refractivity contribution is -0.253. The van der Waals surface area contributed by atoms with Crippen LogP contribution in [0.5, 0.6) is 0 Å². The maximum absolute atomic E-state index is 13.1. The van der Waals surface area contributed by atoms with Crippen molar-refractivity contribution in [3.63, 3.8) is 0 Å². The first-order valence-electron chi connectivity index (χ1n) is 13.4. The highest BCUT2D eigenvalue weighted by Crippen LogP contribution is 2.67. The monoisotopic (exact) mass is 538 g/mol. The van der Waals surface area contributed by atoms with Crippen molar-refractivity contribution < 1.29 is 38.4 Å². The van der Waals surface area contributed by atoms with Crippen LogP contribution in [0.3, 0.4) is 0 Å². The quantitative estimate of drug-likeness (QED) is 0.226. The molecule has 0 radical (unpaired) electrons. The minimum absolute atomic E-state index is 0.0487. The van der Waals surface area contributed by atoms with E-state index in [2.05, 4.69) is 26.5 Å². The number of carbonyl (C=O) groups is 3.